The predicted octanol–water partition coefficient (Wildman–Crippen LogP) is 0.887. The SMILES string of the molecule is CC(N)C(=O)N(CC(F)(F)F)C1CC1. The van der Waals surface area contributed by atoms with Crippen LogP contribution in [0.5, 0.6) is 0 Å². The topological polar surface area (TPSA) is 46.3 Å². The minimum absolute atomic E-state index is 0.255. The fourth-order valence-corrected chi connectivity index (χ4v) is 1.23. The number of amides is 1. The number of hydrogen-bond acceptors (Lipinski definition) is 2. The summed E-state index contributed by atoms with van der Waals surface area (Å²) in [5, 5.41) is 0. The van der Waals surface area contributed by atoms with Crippen LogP contribution in [0, 0.1) is 0 Å². The van der Waals surface area contributed by atoms with E-state index in [2.05, 4.69) is 0 Å². The van der Waals surface area contributed by atoms with Crippen LogP contribution in [0.25, 0.3) is 0 Å². The van der Waals surface area contributed by atoms with E-state index in [1.165, 1.54) is 6.92 Å². The Bertz CT molecular complexity index is 223. The van der Waals surface area contributed by atoms with Crippen LogP contribution >= 0.6 is 0 Å². The van der Waals surface area contributed by atoms with E-state index in [-0.39, 0.29) is 6.04 Å². The smallest absolute Gasteiger partial charge is 0.329 e. The van der Waals surface area contributed by atoms with E-state index in [1.54, 1.807) is 0 Å². The Morgan fingerprint density at radius 3 is 2.36 bits per heavy atom. The molecule has 1 saturated carbocycles. The fraction of sp³-hybridized carbons (Fsp3) is 0.875. The van der Waals surface area contributed by atoms with E-state index in [1.807, 2.05) is 0 Å². The second-order valence-corrected chi connectivity index (χ2v) is 3.60. The molecule has 1 amide bonds. The van der Waals surface area contributed by atoms with Crippen LogP contribution < -0.4 is 5.73 Å². The van der Waals surface area contributed by atoms with Crippen molar-refractivity contribution in [2.24, 2.45) is 5.73 Å². The molecule has 6 heteroatoms. The second kappa shape index (κ2) is 3.76. The minimum Gasteiger partial charge on any atom is -0.329 e. The normalized spacial score (nSPS) is 19.2. The van der Waals surface area contributed by atoms with Gasteiger partial charge in [0.1, 0.15) is 6.54 Å². The van der Waals surface area contributed by atoms with Crippen molar-refractivity contribution in [3.8, 4) is 0 Å². The molecule has 0 bridgehead atoms. The molecule has 0 spiro atoms. The molecule has 1 rings (SSSR count). The van der Waals surface area contributed by atoms with Gasteiger partial charge in [-0.1, -0.05) is 0 Å². The Kier molecular flexibility index (Phi) is 3.04. The van der Waals surface area contributed by atoms with Crippen molar-refractivity contribution in [2.75, 3.05) is 6.54 Å². The predicted molar refractivity (Wildman–Crippen MR) is 44.4 cm³/mol. The molecule has 1 aliphatic carbocycles. The first-order valence-corrected chi connectivity index (χ1v) is 4.44. The summed E-state index contributed by atoms with van der Waals surface area (Å²) in [5.41, 5.74) is 5.26. The van der Waals surface area contributed by atoms with Crippen molar-refractivity contribution in [2.45, 2.75) is 38.0 Å². The minimum atomic E-state index is -4.34. The quantitative estimate of drug-likeness (QED) is 0.751. The maximum atomic E-state index is 12.1. The zero-order valence-corrected chi connectivity index (χ0v) is 7.84. The van der Waals surface area contributed by atoms with Gasteiger partial charge in [-0.15, -0.1) is 0 Å². The Morgan fingerprint density at radius 1 is 1.57 bits per heavy atom. The molecule has 1 aliphatic rings. The maximum absolute atomic E-state index is 12.1. The van der Waals surface area contributed by atoms with Gasteiger partial charge in [0.05, 0.1) is 6.04 Å². The Balaban J connectivity index is 2.60. The third-order valence-electron chi connectivity index (χ3n) is 2.01. The van der Waals surface area contributed by atoms with Crippen molar-refractivity contribution < 1.29 is 18.0 Å². The van der Waals surface area contributed by atoms with E-state index in [9.17, 15) is 18.0 Å². The average Bonchev–Trinajstić information content (AvgIpc) is 2.79. The third-order valence-corrected chi connectivity index (χ3v) is 2.01. The number of nitrogens with two attached hydrogens (primary N) is 1. The van der Waals surface area contributed by atoms with Crippen LogP contribution in [0.1, 0.15) is 19.8 Å². The second-order valence-electron chi connectivity index (χ2n) is 3.60. The summed E-state index contributed by atoms with van der Waals surface area (Å²) in [6, 6.07) is -1.12. The zero-order chi connectivity index (χ0) is 10.9. The maximum Gasteiger partial charge on any atom is 0.406 e. The highest BCUT2D eigenvalue weighted by Crippen LogP contribution is 2.30. The Hall–Kier alpha value is -0.780. The largest absolute Gasteiger partial charge is 0.406 e. The highest BCUT2D eigenvalue weighted by atomic mass is 19.4. The molecule has 82 valence electrons. The first kappa shape index (κ1) is 11.3. The highest BCUT2D eigenvalue weighted by molar-refractivity contribution is 5.81. The van der Waals surface area contributed by atoms with Crippen LogP contribution in [0.3, 0.4) is 0 Å². The molecule has 0 heterocycles. The van der Waals surface area contributed by atoms with Crippen LogP contribution in [-0.2, 0) is 4.79 Å². The molecule has 1 fully saturated rings. The number of hydrogen-bond donors (Lipinski definition) is 1. The van der Waals surface area contributed by atoms with E-state index in [0.29, 0.717) is 12.8 Å². The Labute approximate surface area is 80.0 Å². The summed E-state index contributed by atoms with van der Waals surface area (Å²) in [5.74, 6) is -0.621. The van der Waals surface area contributed by atoms with Crippen molar-refractivity contribution in [1.29, 1.82) is 0 Å². The van der Waals surface area contributed by atoms with Crippen molar-refractivity contribution in [3.05, 3.63) is 0 Å². The standard InChI is InChI=1S/C8H13F3N2O/c1-5(12)7(14)13(6-2-3-6)4-8(9,10)11/h5-6H,2-4,12H2,1H3. The molecule has 1 atom stereocenters. The molecule has 0 aromatic rings. The number of rotatable bonds is 3. The molecular weight excluding hydrogens is 197 g/mol. The van der Waals surface area contributed by atoms with Gasteiger partial charge < -0.3 is 10.6 Å². The van der Waals surface area contributed by atoms with Gasteiger partial charge in [-0.3, -0.25) is 4.79 Å². The van der Waals surface area contributed by atoms with Crippen molar-refractivity contribution in [3.63, 3.8) is 0 Å². The molecule has 0 radical (unpaired) electrons. The van der Waals surface area contributed by atoms with E-state index < -0.39 is 24.7 Å². The third kappa shape index (κ3) is 3.17. The lowest BCUT2D eigenvalue weighted by Gasteiger charge is -2.25. The molecular formula is C8H13F3N2O. The summed E-state index contributed by atoms with van der Waals surface area (Å²) in [6.07, 6.45) is -3.05. The Morgan fingerprint density at radius 2 is 2.07 bits per heavy atom. The molecule has 0 saturated heterocycles. The van der Waals surface area contributed by atoms with Gasteiger partial charge in [0.15, 0.2) is 0 Å². The first-order valence-electron chi connectivity index (χ1n) is 4.44. The first-order chi connectivity index (χ1) is 6.31. The number of halogens is 3. The molecule has 0 aromatic carbocycles. The lowest BCUT2D eigenvalue weighted by atomic mass is 10.3. The fourth-order valence-electron chi connectivity index (χ4n) is 1.23. The summed E-state index contributed by atoms with van der Waals surface area (Å²) in [6.45, 7) is 0.214. The van der Waals surface area contributed by atoms with E-state index in [4.69, 9.17) is 5.73 Å². The molecule has 3 nitrogen and oxygen atoms in total. The van der Waals surface area contributed by atoms with Gasteiger partial charge in [0.25, 0.3) is 0 Å². The van der Waals surface area contributed by atoms with Gasteiger partial charge in [-0.25, -0.2) is 0 Å². The van der Waals surface area contributed by atoms with Crippen LogP contribution in [0.15, 0.2) is 0 Å². The molecule has 0 aromatic heterocycles. The monoisotopic (exact) mass is 210 g/mol. The van der Waals surface area contributed by atoms with Gasteiger partial charge in [0.2, 0.25) is 5.91 Å². The van der Waals surface area contributed by atoms with Gasteiger partial charge in [-0.2, -0.15) is 13.2 Å². The van der Waals surface area contributed by atoms with E-state index in [0.717, 1.165) is 4.90 Å². The van der Waals surface area contributed by atoms with Gasteiger partial charge in [-0.05, 0) is 19.8 Å². The van der Waals surface area contributed by atoms with Crippen LogP contribution in [0.4, 0.5) is 13.2 Å². The van der Waals surface area contributed by atoms with E-state index >= 15 is 0 Å². The average molecular weight is 210 g/mol. The lowest BCUT2D eigenvalue weighted by Crippen LogP contribution is -2.47. The lowest BCUT2D eigenvalue weighted by molar-refractivity contribution is -0.162. The zero-order valence-electron chi connectivity index (χ0n) is 7.84. The van der Waals surface area contributed by atoms with Gasteiger partial charge in [0, 0.05) is 6.04 Å². The van der Waals surface area contributed by atoms with Crippen molar-refractivity contribution >= 4 is 5.91 Å². The number of alkyl halides is 3. The summed E-state index contributed by atoms with van der Waals surface area (Å²) < 4.78 is 36.2. The number of carbonyl (C=O) groups excluding carboxylic acids is 1. The van der Waals surface area contributed by atoms with Crippen LogP contribution in [-0.4, -0.2) is 35.6 Å². The number of nitrogens with zero attached hydrogens (tertiary/aromatic N) is 1. The molecule has 1 unspecified atom stereocenters. The number of carbonyl (C=O) groups is 1. The molecule has 2 N–H and O–H groups in total. The summed E-state index contributed by atoms with van der Waals surface area (Å²) >= 11 is 0. The van der Waals surface area contributed by atoms with Crippen LogP contribution in [0.2, 0.25) is 0 Å². The van der Waals surface area contributed by atoms with Crippen molar-refractivity contribution in [1.82, 2.24) is 4.90 Å². The molecule has 14 heavy (non-hydrogen) atoms. The highest BCUT2D eigenvalue weighted by Gasteiger charge is 2.41. The molecule has 0 aliphatic heterocycles. The van der Waals surface area contributed by atoms with Gasteiger partial charge >= 0.3 is 6.18 Å². The summed E-state index contributed by atoms with van der Waals surface area (Å²) in [7, 11) is 0. The summed E-state index contributed by atoms with van der Waals surface area (Å²) in [4.78, 5) is 12.1.